The van der Waals surface area contributed by atoms with Crippen LogP contribution in [0.3, 0.4) is 0 Å². The second-order valence-electron chi connectivity index (χ2n) is 6.25. The molecule has 0 heterocycles. The second kappa shape index (κ2) is 10.8. The van der Waals surface area contributed by atoms with E-state index in [4.69, 9.17) is 0 Å². The van der Waals surface area contributed by atoms with Crippen molar-refractivity contribution >= 4 is 0 Å². The van der Waals surface area contributed by atoms with Crippen molar-refractivity contribution in [3.8, 4) is 0 Å². The zero-order valence-corrected chi connectivity index (χ0v) is 12.8. The lowest BCUT2D eigenvalue weighted by Crippen LogP contribution is -2.32. The van der Waals surface area contributed by atoms with Crippen molar-refractivity contribution in [1.82, 2.24) is 5.32 Å². The number of rotatable bonds is 11. The Morgan fingerprint density at radius 2 is 1.44 bits per heavy atom. The fourth-order valence-electron chi connectivity index (χ4n) is 3.18. The van der Waals surface area contributed by atoms with Crippen LogP contribution in [0.2, 0.25) is 0 Å². The number of nitrogens with one attached hydrogen (secondary N) is 1. The summed E-state index contributed by atoms with van der Waals surface area (Å²) in [5, 5.41) is 3.88. The molecule has 1 nitrogen and oxygen atoms in total. The molecule has 0 aromatic heterocycles. The first kappa shape index (κ1) is 16.0. The van der Waals surface area contributed by atoms with Crippen molar-refractivity contribution < 1.29 is 0 Å². The third-order valence-corrected chi connectivity index (χ3v) is 4.48. The summed E-state index contributed by atoms with van der Waals surface area (Å²) in [5.74, 6) is 0.991. The van der Waals surface area contributed by atoms with Crippen LogP contribution in [0.5, 0.6) is 0 Å². The highest BCUT2D eigenvalue weighted by Crippen LogP contribution is 2.24. The smallest absolute Gasteiger partial charge is 0.00671 e. The summed E-state index contributed by atoms with van der Waals surface area (Å²) in [6.07, 6.45) is 17.1. The number of hydrogen-bond donors (Lipinski definition) is 1. The molecule has 0 atom stereocenters. The minimum Gasteiger partial charge on any atom is -0.314 e. The van der Waals surface area contributed by atoms with Gasteiger partial charge in [-0.05, 0) is 38.1 Å². The molecule has 1 fully saturated rings. The Hall–Kier alpha value is -0.0400. The first-order chi connectivity index (χ1) is 8.86. The van der Waals surface area contributed by atoms with Gasteiger partial charge in [0.05, 0.1) is 0 Å². The summed E-state index contributed by atoms with van der Waals surface area (Å²) in [6.45, 7) is 5.90. The Balaban J connectivity index is 2.14. The van der Waals surface area contributed by atoms with E-state index in [0.29, 0.717) is 0 Å². The van der Waals surface area contributed by atoms with Crippen LogP contribution < -0.4 is 5.32 Å². The highest BCUT2D eigenvalue weighted by Gasteiger charge is 2.16. The van der Waals surface area contributed by atoms with E-state index in [1.165, 1.54) is 83.6 Å². The van der Waals surface area contributed by atoms with Crippen molar-refractivity contribution in [2.45, 2.75) is 96.9 Å². The van der Waals surface area contributed by atoms with E-state index in [1.54, 1.807) is 0 Å². The van der Waals surface area contributed by atoms with Gasteiger partial charge in [0.2, 0.25) is 0 Å². The van der Waals surface area contributed by atoms with Gasteiger partial charge in [-0.2, -0.15) is 0 Å². The molecule has 1 saturated carbocycles. The van der Waals surface area contributed by atoms with Crippen LogP contribution in [0.1, 0.15) is 90.9 Å². The van der Waals surface area contributed by atoms with Gasteiger partial charge in [0.15, 0.2) is 0 Å². The third-order valence-electron chi connectivity index (χ3n) is 4.48. The summed E-state index contributed by atoms with van der Waals surface area (Å²) >= 11 is 0. The molecule has 0 aliphatic heterocycles. The molecule has 1 rings (SSSR count). The van der Waals surface area contributed by atoms with Crippen LogP contribution >= 0.6 is 0 Å². The molecule has 108 valence electrons. The van der Waals surface area contributed by atoms with Crippen LogP contribution in [-0.2, 0) is 0 Å². The average molecular weight is 253 g/mol. The minimum atomic E-state index is 0.809. The highest BCUT2D eigenvalue weighted by atomic mass is 14.9. The van der Waals surface area contributed by atoms with Crippen molar-refractivity contribution in [1.29, 1.82) is 0 Å². The lowest BCUT2D eigenvalue weighted by molar-refractivity contribution is 0.380. The molecule has 0 aromatic carbocycles. The van der Waals surface area contributed by atoms with Gasteiger partial charge in [-0.15, -0.1) is 0 Å². The van der Waals surface area contributed by atoms with Crippen LogP contribution in [0, 0.1) is 5.92 Å². The molecule has 18 heavy (non-hydrogen) atoms. The van der Waals surface area contributed by atoms with Gasteiger partial charge in [0, 0.05) is 6.04 Å². The molecule has 0 unspecified atom stereocenters. The standard InChI is InChI=1S/C17H35N/c1-3-5-7-13-17(14-8-6-4-2)18-15-16-11-9-10-12-16/h16-18H,3-15H2,1-2H3. The largest absolute Gasteiger partial charge is 0.314 e. The van der Waals surface area contributed by atoms with E-state index >= 15 is 0 Å². The van der Waals surface area contributed by atoms with Crippen molar-refractivity contribution in [2.75, 3.05) is 6.54 Å². The van der Waals surface area contributed by atoms with E-state index in [1.807, 2.05) is 0 Å². The molecule has 0 aromatic rings. The van der Waals surface area contributed by atoms with Gasteiger partial charge in [0.25, 0.3) is 0 Å². The molecule has 0 bridgehead atoms. The highest BCUT2D eigenvalue weighted by molar-refractivity contribution is 4.74. The topological polar surface area (TPSA) is 12.0 Å². The summed E-state index contributed by atoms with van der Waals surface area (Å²) < 4.78 is 0. The first-order valence-electron chi connectivity index (χ1n) is 8.60. The lowest BCUT2D eigenvalue weighted by Gasteiger charge is -2.21. The van der Waals surface area contributed by atoms with Crippen molar-refractivity contribution in [2.24, 2.45) is 5.92 Å². The molecule has 1 aliphatic rings. The SMILES string of the molecule is CCCCCC(CCCCC)NCC1CCCC1. The molecule has 0 amide bonds. The lowest BCUT2D eigenvalue weighted by atomic mass is 10.0. The maximum atomic E-state index is 3.88. The minimum absolute atomic E-state index is 0.809. The van der Waals surface area contributed by atoms with Crippen molar-refractivity contribution in [3.05, 3.63) is 0 Å². The zero-order valence-electron chi connectivity index (χ0n) is 12.8. The van der Waals surface area contributed by atoms with E-state index < -0.39 is 0 Å². The molecule has 0 radical (unpaired) electrons. The maximum absolute atomic E-state index is 3.88. The van der Waals surface area contributed by atoms with Gasteiger partial charge in [-0.3, -0.25) is 0 Å². The van der Waals surface area contributed by atoms with Crippen LogP contribution in [0.25, 0.3) is 0 Å². The average Bonchev–Trinajstić information content (AvgIpc) is 2.89. The van der Waals surface area contributed by atoms with Gasteiger partial charge >= 0.3 is 0 Å². The fraction of sp³-hybridized carbons (Fsp3) is 1.00. The summed E-state index contributed by atoms with van der Waals surface area (Å²) in [4.78, 5) is 0. The fourth-order valence-corrected chi connectivity index (χ4v) is 3.18. The van der Waals surface area contributed by atoms with Gasteiger partial charge in [-0.1, -0.05) is 65.2 Å². The molecule has 1 heteroatoms. The second-order valence-corrected chi connectivity index (χ2v) is 6.25. The summed E-state index contributed by atoms with van der Waals surface area (Å²) in [5.41, 5.74) is 0. The Morgan fingerprint density at radius 3 is 1.94 bits per heavy atom. The molecule has 0 spiro atoms. The predicted octanol–water partition coefficient (Wildman–Crippen LogP) is 5.30. The molecule has 0 saturated heterocycles. The molecule has 1 aliphatic carbocycles. The van der Waals surface area contributed by atoms with Gasteiger partial charge in [-0.25, -0.2) is 0 Å². The summed E-state index contributed by atoms with van der Waals surface area (Å²) in [6, 6.07) is 0.809. The predicted molar refractivity (Wildman–Crippen MR) is 82.0 cm³/mol. The Kier molecular flexibility index (Phi) is 9.65. The quantitative estimate of drug-likeness (QED) is 0.493. The van der Waals surface area contributed by atoms with E-state index in [2.05, 4.69) is 19.2 Å². The number of hydrogen-bond acceptors (Lipinski definition) is 1. The van der Waals surface area contributed by atoms with E-state index in [0.717, 1.165) is 12.0 Å². The van der Waals surface area contributed by atoms with Gasteiger partial charge < -0.3 is 5.32 Å². The molecular weight excluding hydrogens is 218 g/mol. The number of unbranched alkanes of at least 4 members (excludes halogenated alkanes) is 4. The summed E-state index contributed by atoms with van der Waals surface area (Å²) in [7, 11) is 0. The normalized spacial score (nSPS) is 16.8. The maximum Gasteiger partial charge on any atom is 0.00671 e. The van der Waals surface area contributed by atoms with Crippen LogP contribution in [0.4, 0.5) is 0 Å². The monoisotopic (exact) mass is 253 g/mol. The van der Waals surface area contributed by atoms with Gasteiger partial charge in [0.1, 0.15) is 0 Å². The Bertz CT molecular complexity index is 162. The Morgan fingerprint density at radius 1 is 0.889 bits per heavy atom. The molecular formula is C17H35N. The van der Waals surface area contributed by atoms with Crippen LogP contribution in [-0.4, -0.2) is 12.6 Å². The van der Waals surface area contributed by atoms with E-state index in [-0.39, 0.29) is 0 Å². The first-order valence-corrected chi connectivity index (χ1v) is 8.60. The molecule has 1 N–H and O–H groups in total. The Labute approximate surface area is 115 Å². The third kappa shape index (κ3) is 7.41. The van der Waals surface area contributed by atoms with Crippen LogP contribution in [0.15, 0.2) is 0 Å². The zero-order chi connectivity index (χ0) is 13.1. The van der Waals surface area contributed by atoms with Crippen molar-refractivity contribution in [3.63, 3.8) is 0 Å². The van der Waals surface area contributed by atoms with E-state index in [9.17, 15) is 0 Å².